The van der Waals surface area contributed by atoms with Crippen molar-refractivity contribution in [2.75, 3.05) is 12.4 Å². The zero-order chi connectivity index (χ0) is 19.1. The Morgan fingerprint density at radius 2 is 1.75 bits per heavy atom. The van der Waals surface area contributed by atoms with Gasteiger partial charge in [-0.3, -0.25) is 9.79 Å². The fourth-order valence-corrected chi connectivity index (χ4v) is 2.87. The van der Waals surface area contributed by atoms with Crippen LogP contribution in [0.2, 0.25) is 0 Å². The van der Waals surface area contributed by atoms with Gasteiger partial charge in [0.25, 0.3) is 0 Å². The number of amides is 1. The summed E-state index contributed by atoms with van der Waals surface area (Å²) in [6.45, 7) is 1.13. The van der Waals surface area contributed by atoms with Crippen LogP contribution in [0.5, 0.6) is 0 Å². The molecule has 3 N–H and O–H groups in total. The Balaban J connectivity index is 0.00000280. The van der Waals surface area contributed by atoms with Gasteiger partial charge in [-0.1, -0.05) is 30.7 Å². The predicted octanol–water partition coefficient (Wildman–Crippen LogP) is 4.05. The average molecular weight is 496 g/mol. The lowest BCUT2D eigenvalue weighted by molar-refractivity contribution is -0.122. The standard InChI is InChI=1S/C21H25FN4O.HI/c1-23-21(24-13-15-8-10-18(22)11-9-15)25-14-16-4-2-7-19(12-16)26-20(27)17-5-3-6-17;/h2,4,7-12,17H,3,5-6,13-14H2,1H3,(H,26,27)(H2,23,24,25);1H. The van der Waals surface area contributed by atoms with Gasteiger partial charge in [0.05, 0.1) is 0 Å². The minimum absolute atomic E-state index is 0. The molecule has 0 aliphatic heterocycles. The zero-order valence-electron chi connectivity index (χ0n) is 15.9. The number of halogens is 2. The van der Waals surface area contributed by atoms with E-state index in [0.717, 1.165) is 36.1 Å². The summed E-state index contributed by atoms with van der Waals surface area (Å²) in [5.41, 5.74) is 2.84. The molecular formula is C21H26FIN4O. The number of guanidine groups is 1. The molecule has 5 nitrogen and oxygen atoms in total. The highest BCUT2D eigenvalue weighted by Gasteiger charge is 2.25. The van der Waals surface area contributed by atoms with E-state index in [2.05, 4.69) is 20.9 Å². The number of anilines is 1. The van der Waals surface area contributed by atoms with Crippen LogP contribution in [0, 0.1) is 11.7 Å². The Morgan fingerprint density at radius 3 is 2.36 bits per heavy atom. The third-order valence-corrected chi connectivity index (χ3v) is 4.73. The molecule has 0 aromatic heterocycles. The Kier molecular flexibility index (Phi) is 8.69. The van der Waals surface area contributed by atoms with E-state index in [4.69, 9.17) is 0 Å². The van der Waals surface area contributed by atoms with Gasteiger partial charge in [0.1, 0.15) is 5.82 Å². The van der Waals surface area contributed by atoms with Crippen molar-refractivity contribution < 1.29 is 9.18 Å². The number of benzene rings is 2. The van der Waals surface area contributed by atoms with Crippen molar-refractivity contribution in [2.45, 2.75) is 32.4 Å². The highest BCUT2D eigenvalue weighted by molar-refractivity contribution is 14.0. The molecule has 0 atom stereocenters. The van der Waals surface area contributed by atoms with Crippen LogP contribution in [0.4, 0.5) is 10.1 Å². The molecule has 0 heterocycles. The maximum Gasteiger partial charge on any atom is 0.227 e. The second-order valence-corrected chi connectivity index (χ2v) is 6.72. The molecule has 28 heavy (non-hydrogen) atoms. The molecule has 150 valence electrons. The minimum atomic E-state index is -0.245. The molecule has 0 unspecified atom stereocenters. The number of hydrogen-bond acceptors (Lipinski definition) is 2. The maximum atomic E-state index is 13.0. The normalized spacial score (nSPS) is 13.9. The number of aliphatic imine (C=N–C) groups is 1. The van der Waals surface area contributed by atoms with Gasteiger partial charge in [-0.2, -0.15) is 0 Å². The van der Waals surface area contributed by atoms with E-state index >= 15 is 0 Å². The lowest BCUT2D eigenvalue weighted by Gasteiger charge is -2.24. The first kappa shape index (κ1) is 22.1. The largest absolute Gasteiger partial charge is 0.352 e. The molecule has 1 aliphatic rings. The molecule has 2 aromatic rings. The number of carbonyl (C=O) groups excluding carboxylic acids is 1. The number of hydrogen-bond donors (Lipinski definition) is 3. The van der Waals surface area contributed by atoms with Crippen LogP contribution in [-0.4, -0.2) is 18.9 Å². The summed E-state index contributed by atoms with van der Waals surface area (Å²) in [4.78, 5) is 16.3. The van der Waals surface area contributed by atoms with Crippen LogP contribution in [0.15, 0.2) is 53.5 Å². The summed E-state index contributed by atoms with van der Waals surface area (Å²) in [7, 11) is 1.70. The second kappa shape index (κ2) is 11.0. The molecule has 3 rings (SSSR count). The Labute approximate surface area is 182 Å². The summed E-state index contributed by atoms with van der Waals surface area (Å²) in [6, 6.07) is 14.2. The summed E-state index contributed by atoms with van der Waals surface area (Å²) < 4.78 is 13.0. The lowest BCUT2D eigenvalue weighted by atomic mass is 9.85. The van der Waals surface area contributed by atoms with E-state index in [-0.39, 0.29) is 41.6 Å². The van der Waals surface area contributed by atoms with Gasteiger partial charge in [-0.15, -0.1) is 24.0 Å². The van der Waals surface area contributed by atoms with Crippen LogP contribution in [-0.2, 0) is 17.9 Å². The first-order valence-corrected chi connectivity index (χ1v) is 9.23. The van der Waals surface area contributed by atoms with Crippen LogP contribution < -0.4 is 16.0 Å². The van der Waals surface area contributed by atoms with E-state index < -0.39 is 0 Å². The highest BCUT2D eigenvalue weighted by atomic mass is 127. The molecule has 7 heteroatoms. The predicted molar refractivity (Wildman–Crippen MR) is 121 cm³/mol. The van der Waals surface area contributed by atoms with Gasteiger partial charge in [0.15, 0.2) is 5.96 Å². The van der Waals surface area contributed by atoms with Gasteiger partial charge in [-0.05, 0) is 48.2 Å². The van der Waals surface area contributed by atoms with Crippen molar-refractivity contribution in [1.82, 2.24) is 10.6 Å². The fraction of sp³-hybridized carbons (Fsp3) is 0.333. The van der Waals surface area contributed by atoms with Crippen molar-refractivity contribution >= 4 is 41.5 Å². The Morgan fingerprint density at radius 1 is 1.07 bits per heavy atom. The quantitative estimate of drug-likeness (QED) is 0.321. The highest BCUT2D eigenvalue weighted by Crippen LogP contribution is 2.27. The van der Waals surface area contributed by atoms with E-state index in [1.165, 1.54) is 12.1 Å². The summed E-state index contributed by atoms with van der Waals surface area (Å²) in [5, 5.41) is 9.44. The number of rotatable bonds is 6. The first-order valence-electron chi connectivity index (χ1n) is 9.23. The first-order chi connectivity index (χ1) is 13.1. The van der Waals surface area contributed by atoms with Crippen molar-refractivity contribution in [3.63, 3.8) is 0 Å². The molecule has 2 aromatic carbocycles. The molecule has 0 bridgehead atoms. The van der Waals surface area contributed by atoms with Crippen molar-refractivity contribution in [2.24, 2.45) is 10.9 Å². The van der Waals surface area contributed by atoms with Gasteiger partial charge in [0, 0.05) is 31.7 Å². The summed E-state index contributed by atoms with van der Waals surface area (Å²) >= 11 is 0. The Hall–Kier alpha value is -2.16. The van der Waals surface area contributed by atoms with E-state index in [1.807, 2.05) is 24.3 Å². The van der Waals surface area contributed by atoms with Gasteiger partial charge < -0.3 is 16.0 Å². The van der Waals surface area contributed by atoms with E-state index in [9.17, 15) is 9.18 Å². The molecular weight excluding hydrogens is 470 g/mol. The average Bonchev–Trinajstić information content (AvgIpc) is 2.62. The molecule has 1 saturated carbocycles. The molecule has 1 fully saturated rings. The van der Waals surface area contributed by atoms with Crippen LogP contribution >= 0.6 is 24.0 Å². The number of nitrogens with one attached hydrogen (secondary N) is 3. The van der Waals surface area contributed by atoms with E-state index in [1.54, 1.807) is 19.2 Å². The smallest absolute Gasteiger partial charge is 0.227 e. The minimum Gasteiger partial charge on any atom is -0.352 e. The number of carbonyl (C=O) groups is 1. The third kappa shape index (κ3) is 6.47. The number of nitrogens with zero attached hydrogens (tertiary/aromatic N) is 1. The van der Waals surface area contributed by atoms with Crippen molar-refractivity contribution in [3.05, 3.63) is 65.5 Å². The Bertz CT molecular complexity index is 806. The monoisotopic (exact) mass is 496 g/mol. The maximum absolute atomic E-state index is 13.0. The van der Waals surface area contributed by atoms with Crippen LogP contribution in [0.1, 0.15) is 30.4 Å². The third-order valence-electron chi connectivity index (χ3n) is 4.73. The fourth-order valence-electron chi connectivity index (χ4n) is 2.87. The molecule has 0 spiro atoms. The topological polar surface area (TPSA) is 65.5 Å². The van der Waals surface area contributed by atoms with Gasteiger partial charge >= 0.3 is 0 Å². The van der Waals surface area contributed by atoms with Crippen molar-refractivity contribution in [3.8, 4) is 0 Å². The second-order valence-electron chi connectivity index (χ2n) is 6.72. The molecule has 1 aliphatic carbocycles. The van der Waals surface area contributed by atoms with Crippen molar-refractivity contribution in [1.29, 1.82) is 0 Å². The van der Waals surface area contributed by atoms with Gasteiger partial charge in [-0.25, -0.2) is 4.39 Å². The summed E-state index contributed by atoms with van der Waals surface area (Å²) in [5.74, 6) is 0.693. The van der Waals surface area contributed by atoms with E-state index in [0.29, 0.717) is 19.0 Å². The van der Waals surface area contributed by atoms with Crippen LogP contribution in [0.3, 0.4) is 0 Å². The lowest BCUT2D eigenvalue weighted by Crippen LogP contribution is -2.36. The molecule has 0 saturated heterocycles. The molecule has 0 radical (unpaired) electrons. The SMILES string of the molecule is CN=C(NCc1ccc(F)cc1)NCc1cccc(NC(=O)C2CCC2)c1.I. The summed E-state index contributed by atoms with van der Waals surface area (Å²) in [6.07, 6.45) is 3.12. The zero-order valence-corrected chi connectivity index (χ0v) is 18.2. The van der Waals surface area contributed by atoms with Gasteiger partial charge in [0.2, 0.25) is 5.91 Å². The molecule has 1 amide bonds. The van der Waals surface area contributed by atoms with Crippen LogP contribution in [0.25, 0.3) is 0 Å².